The van der Waals surface area contributed by atoms with Crippen LogP contribution in [0, 0.1) is 13.8 Å². The number of nitrogens with zero attached hydrogens (tertiary/aromatic N) is 1. The fourth-order valence-corrected chi connectivity index (χ4v) is 2.33. The minimum absolute atomic E-state index is 0.00620. The summed E-state index contributed by atoms with van der Waals surface area (Å²) in [5.74, 6) is -0.986. The molecular weight excluding hydrogens is 302 g/mol. The Balaban J connectivity index is 0.000000626. The van der Waals surface area contributed by atoms with E-state index in [1.165, 1.54) is 12.6 Å². The van der Waals surface area contributed by atoms with E-state index < -0.39 is 16.1 Å². The number of aryl methyl sites for hydroxylation is 2. The van der Waals surface area contributed by atoms with E-state index in [0.29, 0.717) is 5.56 Å². The van der Waals surface area contributed by atoms with Gasteiger partial charge in [-0.3, -0.25) is 0 Å². The minimum atomic E-state index is -4.04. The Kier molecular flexibility index (Phi) is 7.49. The first-order chi connectivity index (χ1) is 9.92. The fourth-order valence-electron chi connectivity index (χ4n) is 1.27. The summed E-state index contributed by atoms with van der Waals surface area (Å²) in [7, 11) is 2.50. The van der Waals surface area contributed by atoms with E-state index in [2.05, 4.69) is 38.8 Å². The van der Waals surface area contributed by atoms with Crippen molar-refractivity contribution >= 4 is 16.1 Å². The summed E-state index contributed by atoms with van der Waals surface area (Å²) in [6, 6.07) is 4.76. The molecular formula is C16H26NO4S+. The van der Waals surface area contributed by atoms with Gasteiger partial charge in [0, 0.05) is 6.08 Å². The Morgan fingerprint density at radius 3 is 2.14 bits per heavy atom. The van der Waals surface area contributed by atoms with Gasteiger partial charge >= 0.3 is 16.1 Å². The Morgan fingerprint density at radius 1 is 1.27 bits per heavy atom. The molecule has 22 heavy (non-hydrogen) atoms. The number of hydrogen-bond donors (Lipinski definition) is 0. The maximum Gasteiger partial charge on any atom is 0.346 e. The van der Waals surface area contributed by atoms with Crippen LogP contribution in [-0.2, 0) is 19.1 Å². The van der Waals surface area contributed by atoms with Crippen LogP contribution in [-0.4, -0.2) is 46.6 Å². The minimum Gasteiger partial charge on any atom is -0.338 e. The maximum absolute atomic E-state index is 11.6. The monoisotopic (exact) mass is 328 g/mol. The summed E-state index contributed by atoms with van der Waals surface area (Å²) in [4.78, 5) is 10.9. The largest absolute Gasteiger partial charge is 0.346 e. The standard InChI is InChI=1S/C11H12O4S.C5H14N/c1-4-11(12)15-16(13,14)10-6-5-8(2)7-9(10)3;1-5-6(2,3)4/h4-7H,1H2,2-3H3;5H2,1-4H3/q;+1. The first-order valence-electron chi connectivity index (χ1n) is 6.91. The molecule has 0 heterocycles. The number of benzene rings is 1. The highest BCUT2D eigenvalue weighted by Gasteiger charge is 2.20. The summed E-state index contributed by atoms with van der Waals surface area (Å²) >= 11 is 0. The second-order valence-electron chi connectivity index (χ2n) is 5.94. The van der Waals surface area contributed by atoms with Gasteiger partial charge in [-0.15, -0.1) is 0 Å². The van der Waals surface area contributed by atoms with Crippen molar-refractivity contribution in [1.29, 1.82) is 0 Å². The SMILES string of the molecule is C=CC(=O)OS(=O)(=O)c1ccc(C)cc1C.CC[N+](C)(C)C. The predicted octanol–water partition coefficient (Wildman–Crippen LogP) is 2.43. The van der Waals surface area contributed by atoms with Gasteiger partial charge in [0.05, 0.1) is 27.7 Å². The van der Waals surface area contributed by atoms with Crippen molar-refractivity contribution in [3.05, 3.63) is 42.0 Å². The van der Waals surface area contributed by atoms with Gasteiger partial charge in [0.2, 0.25) is 0 Å². The Bertz CT molecular complexity index is 628. The molecule has 0 bridgehead atoms. The molecule has 124 valence electrons. The zero-order valence-corrected chi connectivity index (χ0v) is 15.0. The Hall–Kier alpha value is -1.66. The van der Waals surface area contributed by atoms with Crippen molar-refractivity contribution < 1.29 is 21.9 Å². The van der Waals surface area contributed by atoms with E-state index in [1.807, 2.05) is 6.92 Å². The van der Waals surface area contributed by atoms with Gasteiger partial charge < -0.3 is 8.67 Å². The molecule has 0 aliphatic rings. The van der Waals surface area contributed by atoms with Crippen LogP contribution in [0.1, 0.15) is 18.1 Å². The molecule has 0 saturated carbocycles. The third-order valence-electron chi connectivity index (χ3n) is 2.91. The number of hydrogen-bond acceptors (Lipinski definition) is 4. The molecule has 0 unspecified atom stereocenters. The van der Waals surface area contributed by atoms with Gasteiger partial charge in [-0.1, -0.05) is 24.3 Å². The Labute approximate surface area is 133 Å². The molecule has 1 aromatic carbocycles. The lowest BCUT2D eigenvalue weighted by Gasteiger charge is -2.20. The molecule has 5 nitrogen and oxygen atoms in total. The average molecular weight is 328 g/mol. The second kappa shape index (κ2) is 8.10. The molecule has 1 aromatic rings. The highest BCUT2D eigenvalue weighted by Crippen LogP contribution is 2.18. The molecule has 0 aliphatic carbocycles. The van der Waals surface area contributed by atoms with Gasteiger partial charge in [0.1, 0.15) is 4.90 Å². The van der Waals surface area contributed by atoms with Crippen molar-refractivity contribution in [2.75, 3.05) is 27.7 Å². The van der Waals surface area contributed by atoms with Crippen LogP contribution in [0.4, 0.5) is 0 Å². The lowest BCUT2D eigenvalue weighted by molar-refractivity contribution is -0.868. The third-order valence-corrected chi connectivity index (χ3v) is 4.29. The van der Waals surface area contributed by atoms with Gasteiger partial charge in [0.15, 0.2) is 0 Å². The first kappa shape index (κ1) is 20.3. The molecule has 6 heteroatoms. The van der Waals surface area contributed by atoms with Crippen molar-refractivity contribution in [2.45, 2.75) is 25.7 Å². The number of carbonyl (C=O) groups is 1. The first-order valence-corrected chi connectivity index (χ1v) is 8.32. The van der Waals surface area contributed by atoms with Crippen LogP contribution in [0.25, 0.3) is 0 Å². The quantitative estimate of drug-likeness (QED) is 0.484. The second-order valence-corrected chi connectivity index (χ2v) is 7.45. The predicted molar refractivity (Wildman–Crippen MR) is 88.0 cm³/mol. The molecule has 0 aliphatic heterocycles. The molecule has 0 saturated heterocycles. The lowest BCUT2D eigenvalue weighted by Crippen LogP contribution is -2.33. The van der Waals surface area contributed by atoms with Crippen LogP contribution in [0.2, 0.25) is 0 Å². The summed E-state index contributed by atoms with van der Waals surface area (Å²) in [6.07, 6.45) is 0.807. The van der Waals surface area contributed by atoms with Crippen molar-refractivity contribution in [3.63, 3.8) is 0 Å². The Morgan fingerprint density at radius 2 is 1.77 bits per heavy atom. The van der Waals surface area contributed by atoms with Crippen molar-refractivity contribution in [3.8, 4) is 0 Å². The van der Waals surface area contributed by atoms with Crippen molar-refractivity contribution in [2.24, 2.45) is 0 Å². The molecule has 0 spiro atoms. The van der Waals surface area contributed by atoms with E-state index in [-0.39, 0.29) is 4.90 Å². The van der Waals surface area contributed by atoms with E-state index in [1.54, 1.807) is 19.1 Å². The maximum atomic E-state index is 11.6. The van der Waals surface area contributed by atoms with Gasteiger partial charge in [0.25, 0.3) is 0 Å². The van der Waals surface area contributed by atoms with Crippen LogP contribution in [0.15, 0.2) is 35.7 Å². The summed E-state index contributed by atoms with van der Waals surface area (Å²) < 4.78 is 28.7. The van der Waals surface area contributed by atoms with E-state index in [9.17, 15) is 13.2 Å². The number of carbonyl (C=O) groups excluding carboxylic acids is 1. The molecule has 0 amide bonds. The fraction of sp³-hybridized carbons (Fsp3) is 0.438. The van der Waals surface area contributed by atoms with Gasteiger partial charge in [-0.2, -0.15) is 8.42 Å². The molecule has 0 N–H and O–H groups in total. The normalized spacial score (nSPS) is 11.2. The zero-order chi connectivity index (χ0) is 17.6. The van der Waals surface area contributed by atoms with E-state index in [4.69, 9.17) is 0 Å². The van der Waals surface area contributed by atoms with Crippen LogP contribution >= 0.6 is 0 Å². The molecule has 0 radical (unpaired) electrons. The smallest absolute Gasteiger partial charge is 0.338 e. The highest BCUT2D eigenvalue weighted by atomic mass is 32.2. The molecule has 0 aromatic heterocycles. The van der Waals surface area contributed by atoms with Gasteiger partial charge in [-0.25, -0.2) is 4.79 Å². The highest BCUT2D eigenvalue weighted by molar-refractivity contribution is 7.87. The van der Waals surface area contributed by atoms with Crippen LogP contribution < -0.4 is 0 Å². The van der Waals surface area contributed by atoms with Gasteiger partial charge in [-0.05, 0) is 32.4 Å². The van der Waals surface area contributed by atoms with E-state index >= 15 is 0 Å². The topological polar surface area (TPSA) is 60.4 Å². The zero-order valence-electron chi connectivity index (χ0n) is 14.2. The van der Waals surface area contributed by atoms with Crippen LogP contribution in [0.3, 0.4) is 0 Å². The van der Waals surface area contributed by atoms with Crippen LogP contribution in [0.5, 0.6) is 0 Å². The average Bonchev–Trinajstić information content (AvgIpc) is 2.37. The number of rotatable bonds is 4. The summed E-state index contributed by atoms with van der Waals surface area (Å²) in [5.41, 5.74) is 1.48. The lowest BCUT2D eigenvalue weighted by atomic mass is 10.2. The third kappa shape index (κ3) is 7.38. The molecule has 0 fully saturated rings. The number of quaternary nitrogens is 1. The summed E-state index contributed by atoms with van der Waals surface area (Å²) in [6.45, 7) is 10.0. The van der Waals surface area contributed by atoms with E-state index in [0.717, 1.165) is 16.1 Å². The molecule has 1 rings (SSSR count). The van der Waals surface area contributed by atoms with Crippen molar-refractivity contribution in [1.82, 2.24) is 0 Å². The molecule has 0 atom stereocenters. The summed E-state index contributed by atoms with van der Waals surface area (Å²) in [5, 5.41) is 0.